The van der Waals surface area contributed by atoms with Crippen LogP contribution in [0.2, 0.25) is 5.02 Å². The number of nitrogens with zero attached hydrogens (tertiary/aromatic N) is 2. The molecular weight excluding hydrogens is 478 g/mol. The molecule has 0 bridgehead atoms. The lowest BCUT2D eigenvalue weighted by Gasteiger charge is -2.33. The summed E-state index contributed by atoms with van der Waals surface area (Å²) in [7, 11) is 1.78. The van der Waals surface area contributed by atoms with Crippen LogP contribution >= 0.6 is 35.6 Å². The van der Waals surface area contributed by atoms with Gasteiger partial charge in [0.15, 0.2) is 5.96 Å². The fraction of sp³-hybridized carbons (Fsp3) is 0.550. The van der Waals surface area contributed by atoms with E-state index in [9.17, 15) is 4.39 Å². The molecule has 2 aliphatic rings. The van der Waals surface area contributed by atoms with E-state index in [0.717, 1.165) is 44.9 Å². The fourth-order valence-electron chi connectivity index (χ4n) is 3.70. The minimum atomic E-state index is -0.223. The largest absolute Gasteiger partial charge is 0.354 e. The van der Waals surface area contributed by atoms with Crippen LogP contribution in [-0.4, -0.2) is 49.6 Å². The molecule has 1 saturated heterocycles. The van der Waals surface area contributed by atoms with Crippen molar-refractivity contribution in [2.24, 2.45) is 4.99 Å². The summed E-state index contributed by atoms with van der Waals surface area (Å²) in [6.45, 7) is 9.18. The van der Waals surface area contributed by atoms with Crippen molar-refractivity contribution in [3.63, 3.8) is 0 Å². The predicted octanol–water partition coefficient (Wildman–Crippen LogP) is 4.16. The first-order valence-electron chi connectivity index (χ1n) is 9.28. The molecule has 0 aromatic heterocycles. The van der Waals surface area contributed by atoms with Crippen LogP contribution < -0.4 is 10.6 Å². The molecule has 3 rings (SSSR count). The van der Waals surface area contributed by atoms with Crippen molar-refractivity contribution in [1.29, 1.82) is 0 Å². The van der Waals surface area contributed by atoms with Gasteiger partial charge in [0, 0.05) is 55.3 Å². The SMILES string of the molecule is C=C(C)CN1CCC(NC(=NC)NC2CC2c2c(F)cccc2Cl)CC1.I. The van der Waals surface area contributed by atoms with Gasteiger partial charge in [-0.3, -0.25) is 9.89 Å². The zero-order chi connectivity index (χ0) is 18.7. The third-order valence-corrected chi connectivity index (χ3v) is 5.46. The molecule has 2 fully saturated rings. The summed E-state index contributed by atoms with van der Waals surface area (Å²) in [6, 6.07) is 5.46. The highest BCUT2D eigenvalue weighted by Crippen LogP contribution is 2.44. The van der Waals surface area contributed by atoms with Crippen molar-refractivity contribution >= 4 is 41.5 Å². The van der Waals surface area contributed by atoms with Gasteiger partial charge in [-0.25, -0.2) is 4.39 Å². The fourth-order valence-corrected chi connectivity index (χ4v) is 4.00. The summed E-state index contributed by atoms with van der Waals surface area (Å²) in [6.07, 6.45) is 3.04. The highest BCUT2D eigenvalue weighted by Gasteiger charge is 2.42. The number of benzene rings is 1. The maximum atomic E-state index is 14.1. The summed E-state index contributed by atoms with van der Waals surface area (Å²) in [5.74, 6) is 0.683. The van der Waals surface area contributed by atoms with Gasteiger partial charge in [-0.15, -0.1) is 24.0 Å². The van der Waals surface area contributed by atoms with Crippen LogP contribution in [0.5, 0.6) is 0 Å². The van der Waals surface area contributed by atoms with Crippen LogP contribution in [0.3, 0.4) is 0 Å². The lowest BCUT2D eigenvalue weighted by molar-refractivity contribution is 0.221. The molecule has 1 saturated carbocycles. The van der Waals surface area contributed by atoms with E-state index < -0.39 is 0 Å². The van der Waals surface area contributed by atoms with Crippen molar-refractivity contribution < 1.29 is 4.39 Å². The van der Waals surface area contributed by atoms with E-state index in [0.29, 0.717) is 16.6 Å². The number of hydrogen-bond donors (Lipinski definition) is 2. The Bertz CT molecular complexity index is 668. The minimum Gasteiger partial charge on any atom is -0.354 e. The molecule has 2 N–H and O–H groups in total. The number of likely N-dealkylation sites (tertiary alicyclic amines) is 1. The molecule has 150 valence electrons. The quantitative estimate of drug-likeness (QED) is 0.273. The number of rotatable bonds is 5. The van der Waals surface area contributed by atoms with E-state index in [4.69, 9.17) is 11.6 Å². The number of hydrogen-bond acceptors (Lipinski definition) is 2. The van der Waals surface area contributed by atoms with Gasteiger partial charge in [-0.1, -0.05) is 29.8 Å². The van der Waals surface area contributed by atoms with Gasteiger partial charge in [0.1, 0.15) is 5.82 Å². The van der Waals surface area contributed by atoms with Crippen LogP contribution in [0.4, 0.5) is 4.39 Å². The van der Waals surface area contributed by atoms with Crippen molar-refractivity contribution in [3.05, 3.63) is 46.8 Å². The zero-order valence-corrected chi connectivity index (χ0v) is 19.1. The van der Waals surface area contributed by atoms with Gasteiger partial charge in [0.2, 0.25) is 0 Å². The van der Waals surface area contributed by atoms with E-state index >= 15 is 0 Å². The summed E-state index contributed by atoms with van der Waals surface area (Å²) >= 11 is 6.18. The molecule has 1 aliphatic carbocycles. The molecule has 1 aromatic carbocycles. The average molecular weight is 507 g/mol. The van der Waals surface area contributed by atoms with Crippen LogP contribution in [0, 0.1) is 5.82 Å². The van der Waals surface area contributed by atoms with Crippen molar-refractivity contribution in [2.45, 2.75) is 44.2 Å². The molecule has 4 nitrogen and oxygen atoms in total. The predicted molar refractivity (Wildman–Crippen MR) is 122 cm³/mol. The number of aliphatic imine (C=N–C) groups is 1. The maximum absolute atomic E-state index is 14.1. The molecule has 1 heterocycles. The van der Waals surface area contributed by atoms with E-state index in [1.54, 1.807) is 19.2 Å². The molecule has 2 atom stereocenters. The standard InChI is InChI=1S/C20H28ClFN4.HI/c1-13(2)12-26-9-7-14(8-10-26)24-20(23-3)25-18-11-15(18)19-16(21)5-4-6-17(19)22;/h4-6,14-15,18H,1,7-12H2,2-3H3,(H2,23,24,25);1H. The van der Waals surface area contributed by atoms with Gasteiger partial charge >= 0.3 is 0 Å². The van der Waals surface area contributed by atoms with E-state index in [1.807, 2.05) is 0 Å². The third-order valence-electron chi connectivity index (χ3n) is 5.13. The number of nitrogens with one attached hydrogen (secondary N) is 2. The minimum absolute atomic E-state index is 0. The van der Waals surface area contributed by atoms with Gasteiger partial charge in [-0.05, 0) is 38.3 Å². The summed E-state index contributed by atoms with van der Waals surface area (Å²) in [5, 5.41) is 7.44. The van der Waals surface area contributed by atoms with E-state index in [1.165, 1.54) is 11.6 Å². The van der Waals surface area contributed by atoms with Crippen molar-refractivity contribution in [1.82, 2.24) is 15.5 Å². The second-order valence-corrected chi connectivity index (χ2v) is 7.86. The number of halogens is 3. The molecular formula is C20H29ClFIN4. The Kier molecular flexibility index (Phi) is 8.37. The van der Waals surface area contributed by atoms with Crippen molar-refractivity contribution in [2.75, 3.05) is 26.7 Å². The molecule has 7 heteroatoms. The summed E-state index contributed by atoms with van der Waals surface area (Å²) in [5.41, 5.74) is 1.83. The monoisotopic (exact) mass is 506 g/mol. The molecule has 2 unspecified atom stereocenters. The Balaban J connectivity index is 0.00000261. The molecule has 27 heavy (non-hydrogen) atoms. The molecule has 1 aliphatic heterocycles. The topological polar surface area (TPSA) is 39.7 Å². The molecule has 0 spiro atoms. The molecule has 0 radical (unpaired) electrons. The van der Waals surface area contributed by atoms with Gasteiger partial charge in [-0.2, -0.15) is 0 Å². The normalized spacial score (nSPS) is 23.5. The summed E-state index contributed by atoms with van der Waals surface area (Å²) in [4.78, 5) is 6.78. The van der Waals surface area contributed by atoms with Crippen LogP contribution in [0.25, 0.3) is 0 Å². The van der Waals surface area contributed by atoms with Crippen LogP contribution in [-0.2, 0) is 0 Å². The zero-order valence-electron chi connectivity index (χ0n) is 16.0. The summed E-state index contributed by atoms with van der Waals surface area (Å²) < 4.78 is 14.1. The van der Waals surface area contributed by atoms with E-state index in [-0.39, 0.29) is 41.8 Å². The number of guanidine groups is 1. The first-order valence-corrected chi connectivity index (χ1v) is 9.66. The van der Waals surface area contributed by atoms with Gasteiger partial charge in [0.25, 0.3) is 0 Å². The van der Waals surface area contributed by atoms with Crippen LogP contribution in [0.1, 0.15) is 37.7 Å². The Hall–Kier alpha value is -0.860. The Morgan fingerprint density at radius 1 is 1.33 bits per heavy atom. The second-order valence-electron chi connectivity index (χ2n) is 7.45. The lowest BCUT2D eigenvalue weighted by Crippen LogP contribution is -2.49. The Morgan fingerprint density at radius 3 is 2.63 bits per heavy atom. The number of piperidine rings is 1. The maximum Gasteiger partial charge on any atom is 0.191 e. The second kappa shape index (κ2) is 10.1. The highest BCUT2D eigenvalue weighted by molar-refractivity contribution is 14.0. The molecule has 0 amide bonds. The van der Waals surface area contributed by atoms with E-state index in [2.05, 4.69) is 34.0 Å². The molecule has 1 aromatic rings. The first-order chi connectivity index (χ1) is 12.5. The Morgan fingerprint density at radius 2 is 2.04 bits per heavy atom. The highest BCUT2D eigenvalue weighted by atomic mass is 127. The lowest BCUT2D eigenvalue weighted by atomic mass is 10.0. The van der Waals surface area contributed by atoms with Gasteiger partial charge in [0.05, 0.1) is 0 Å². The average Bonchev–Trinajstić information content (AvgIpc) is 3.34. The van der Waals surface area contributed by atoms with Gasteiger partial charge < -0.3 is 10.6 Å². The van der Waals surface area contributed by atoms with Crippen molar-refractivity contribution in [3.8, 4) is 0 Å². The smallest absolute Gasteiger partial charge is 0.191 e. The third kappa shape index (κ3) is 6.06. The first kappa shape index (κ1) is 22.4. The Labute approximate surface area is 183 Å². The van der Waals surface area contributed by atoms with Crippen LogP contribution in [0.15, 0.2) is 35.3 Å².